The van der Waals surface area contributed by atoms with Gasteiger partial charge >= 0.3 is 0 Å². The number of ether oxygens (including phenoxy) is 3. The Hall–Kier alpha value is -2.34. The van der Waals surface area contributed by atoms with Crippen molar-refractivity contribution in [3.05, 3.63) is 53.1 Å². The van der Waals surface area contributed by atoms with Crippen LogP contribution in [0.1, 0.15) is 33.2 Å². The highest BCUT2D eigenvalue weighted by molar-refractivity contribution is 7.99. The van der Waals surface area contributed by atoms with Crippen LogP contribution >= 0.6 is 11.8 Å². The first-order valence-electron chi connectivity index (χ1n) is 9.36. The van der Waals surface area contributed by atoms with Gasteiger partial charge in [-0.05, 0) is 36.6 Å². The SMILES string of the molecule is COc1ccc(C(=O)N2CCSC(c3ccccc3C)CC2)c(OC)c1OC. The first-order chi connectivity index (χ1) is 13.6. The third-order valence-corrected chi connectivity index (χ3v) is 6.41. The molecule has 1 saturated heterocycles. The van der Waals surface area contributed by atoms with Gasteiger partial charge in [0, 0.05) is 24.1 Å². The van der Waals surface area contributed by atoms with Gasteiger partial charge in [0.2, 0.25) is 5.75 Å². The number of thioether (sulfide) groups is 1. The Morgan fingerprint density at radius 3 is 2.43 bits per heavy atom. The van der Waals surface area contributed by atoms with Crippen molar-refractivity contribution in [2.75, 3.05) is 40.2 Å². The Morgan fingerprint density at radius 1 is 1.00 bits per heavy atom. The van der Waals surface area contributed by atoms with Gasteiger partial charge in [0.15, 0.2) is 11.5 Å². The summed E-state index contributed by atoms with van der Waals surface area (Å²) in [6.45, 7) is 3.57. The first-order valence-corrected chi connectivity index (χ1v) is 10.4. The van der Waals surface area contributed by atoms with Crippen molar-refractivity contribution in [1.29, 1.82) is 0 Å². The molecule has 1 heterocycles. The van der Waals surface area contributed by atoms with Gasteiger partial charge in [0.25, 0.3) is 5.91 Å². The summed E-state index contributed by atoms with van der Waals surface area (Å²) in [4.78, 5) is 15.2. The third kappa shape index (κ3) is 4.07. The lowest BCUT2D eigenvalue weighted by Gasteiger charge is -2.23. The molecule has 0 spiro atoms. The molecule has 0 aromatic heterocycles. The Kier molecular flexibility index (Phi) is 6.73. The molecule has 28 heavy (non-hydrogen) atoms. The monoisotopic (exact) mass is 401 g/mol. The predicted octanol–water partition coefficient (Wildman–Crippen LogP) is 4.34. The van der Waals surface area contributed by atoms with E-state index >= 15 is 0 Å². The summed E-state index contributed by atoms with van der Waals surface area (Å²) in [7, 11) is 4.65. The summed E-state index contributed by atoms with van der Waals surface area (Å²) in [5.74, 6) is 2.27. The summed E-state index contributed by atoms with van der Waals surface area (Å²) < 4.78 is 16.2. The molecular formula is C22H27NO4S. The maximum Gasteiger partial charge on any atom is 0.257 e. The molecule has 0 aliphatic carbocycles. The summed E-state index contributed by atoms with van der Waals surface area (Å²) in [6.07, 6.45) is 0.927. The van der Waals surface area contributed by atoms with E-state index in [2.05, 4.69) is 31.2 Å². The van der Waals surface area contributed by atoms with Gasteiger partial charge < -0.3 is 19.1 Å². The van der Waals surface area contributed by atoms with E-state index in [0.717, 1.165) is 12.2 Å². The van der Waals surface area contributed by atoms with E-state index in [-0.39, 0.29) is 5.91 Å². The number of carbonyl (C=O) groups excluding carboxylic acids is 1. The molecule has 1 atom stereocenters. The molecule has 0 saturated carbocycles. The molecule has 1 fully saturated rings. The van der Waals surface area contributed by atoms with Crippen LogP contribution in [0, 0.1) is 6.92 Å². The minimum Gasteiger partial charge on any atom is -0.493 e. The van der Waals surface area contributed by atoms with E-state index in [1.54, 1.807) is 33.5 Å². The molecule has 6 heteroatoms. The van der Waals surface area contributed by atoms with Crippen molar-refractivity contribution in [1.82, 2.24) is 4.90 Å². The molecular weight excluding hydrogens is 374 g/mol. The minimum atomic E-state index is -0.0381. The van der Waals surface area contributed by atoms with Crippen molar-refractivity contribution < 1.29 is 19.0 Å². The standard InChI is InChI=1S/C22H27NO4S/c1-15-7-5-6-8-16(15)19-11-12-23(13-14-28-19)22(24)17-9-10-18(25-2)21(27-4)20(17)26-3/h5-10,19H,11-14H2,1-4H3. The summed E-state index contributed by atoms with van der Waals surface area (Å²) >= 11 is 1.92. The second-order valence-corrected chi connectivity index (χ2v) is 7.99. The number of nitrogens with zero attached hydrogens (tertiary/aromatic N) is 1. The van der Waals surface area contributed by atoms with Crippen LogP contribution in [-0.2, 0) is 0 Å². The van der Waals surface area contributed by atoms with E-state index in [4.69, 9.17) is 14.2 Å². The van der Waals surface area contributed by atoms with Crippen LogP contribution < -0.4 is 14.2 Å². The maximum absolute atomic E-state index is 13.3. The Morgan fingerprint density at radius 2 is 1.75 bits per heavy atom. The average Bonchev–Trinajstić information content (AvgIpc) is 2.98. The number of carbonyl (C=O) groups is 1. The zero-order valence-corrected chi connectivity index (χ0v) is 17.7. The number of methoxy groups -OCH3 is 3. The fraction of sp³-hybridized carbons (Fsp3) is 0.409. The Bertz CT molecular complexity index is 839. The van der Waals surface area contributed by atoms with E-state index < -0.39 is 0 Å². The van der Waals surface area contributed by atoms with Crippen LogP contribution in [0.5, 0.6) is 17.2 Å². The summed E-state index contributed by atoms with van der Waals surface area (Å²) in [5, 5.41) is 0.409. The van der Waals surface area contributed by atoms with Gasteiger partial charge in [0.1, 0.15) is 0 Å². The molecule has 3 rings (SSSR count). The number of aryl methyl sites for hydroxylation is 1. The normalized spacial score (nSPS) is 17.0. The van der Waals surface area contributed by atoms with Crippen molar-refractivity contribution >= 4 is 17.7 Å². The van der Waals surface area contributed by atoms with Crippen molar-refractivity contribution in [3.63, 3.8) is 0 Å². The Balaban J connectivity index is 1.81. The smallest absolute Gasteiger partial charge is 0.257 e. The van der Waals surface area contributed by atoms with Crippen molar-refractivity contribution in [2.45, 2.75) is 18.6 Å². The second-order valence-electron chi connectivity index (χ2n) is 6.68. The van der Waals surface area contributed by atoms with Gasteiger partial charge in [-0.3, -0.25) is 4.79 Å². The molecule has 1 unspecified atom stereocenters. The van der Waals surface area contributed by atoms with Crippen molar-refractivity contribution in [2.24, 2.45) is 0 Å². The lowest BCUT2D eigenvalue weighted by molar-refractivity contribution is 0.0762. The number of hydrogen-bond donors (Lipinski definition) is 0. The first kappa shape index (κ1) is 20.4. The molecule has 2 aromatic carbocycles. The van der Waals surface area contributed by atoms with Gasteiger partial charge in [-0.1, -0.05) is 24.3 Å². The molecule has 2 aromatic rings. The van der Waals surface area contributed by atoms with Gasteiger partial charge in [-0.2, -0.15) is 11.8 Å². The molecule has 0 bridgehead atoms. The van der Waals surface area contributed by atoms with E-state index in [9.17, 15) is 4.79 Å². The number of hydrogen-bond acceptors (Lipinski definition) is 5. The second kappa shape index (κ2) is 9.24. The minimum absolute atomic E-state index is 0.0381. The highest BCUT2D eigenvalue weighted by atomic mass is 32.2. The molecule has 5 nitrogen and oxygen atoms in total. The van der Waals surface area contributed by atoms with Crippen LogP contribution in [0.15, 0.2) is 36.4 Å². The van der Waals surface area contributed by atoms with Gasteiger partial charge in [-0.25, -0.2) is 0 Å². The third-order valence-electron chi connectivity index (χ3n) is 5.10. The van der Waals surface area contributed by atoms with Crippen LogP contribution in [-0.4, -0.2) is 51.0 Å². The largest absolute Gasteiger partial charge is 0.493 e. The molecule has 1 aliphatic heterocycles. The number of amides is 1. The topological polar surface area (TPSA) is 48.0 Å². The van der Waals surface area contributed by atoms with E-state index in [0.29, 0.717) is 41.2 Å². The predicted molar refractivity (Wildman–Crippen MR) is 113 cm³/mol. The number of benzene rings is 2. The summed E-state index contributed by atoms with van der Waals surface area (Å²) in [5.41, 5.74) is 3.17. The van der Waals surface area contributed by atoms with Crippen molar-refractivity contribution in [3.8, 4) is 17.2 Å². The van der Waals surface area contributed by atoms with Gasteiger partial charge in [0.05, 0.1) is 26.9 Å². The molecule has 1 amide bonds. The maximum atomic E-state index is 13.3. The fourth-order valence-corrected chi connectivity index (χ4v) is 4.94. The highest BCUT2D eigenvalue weighted by Crippen LogP contribution is 2.41. The quantitative estimate of drug-likeness (QED) is 0.746. The molecule has 0 radical (unpaired) electrons. The van der Waals surface area contributed by atoms with Crippen LogP contribution in [0.25, 0.3) is 0 Å². The summed E-state index contributed by atoms with van der Waals surface area (Å²) in [6, 6.07) is 12.0. The zero-order valence-electron chi connectivity index (χ0n) is 16.9. The Labute approximate surface area is 171 Å². The van der Waals surface area contributed by atoms with E-state index in [1.165, 1.54) is 11.1 Å². The lowest BCUT2D eigenvalue weighted by Crippen LogP contribution is -2.33. The molecule has 1 aliphatic rings. The van der Waals surface area contributed by atoms with Crippen LogP contribution in [0.3, 0.4) is 0 Å². The number of rotatable bonds is 5. The average molecular weight is 402 g/mol. The molecule has 0 N–H and O–H groups in total. The zero-order chi connectivity index (χ0) is 20.1. The molecule has 150 valence electrons. The fourth-order valence-electron chi connectivity index (χ4n) is 3.61. The van der Waals surface area contributed by atoms with Crippen LogP contribution in [0.4, 0.5) is 0 Å². The van der Waals surface area contributed by atoms with Crippen LogP contribution in [0.2, 0.25) is 0 Å². The van der Waals surface area contributed by atoms with E-state index in [1.807, 2.05) is 16.7 Å². The lowest BCUT2D eigenvalue weighted by atomic mass is 10.0. The highest BCUT2D eigenvalue weighted by Gasteiger charge is 2.27. The van der Waals surface area contributed by atoms with Gasteiger partial charge in [-0.15, -0.1) is 0 Å².